The van der Waals surface area contributed by atoms with E-state index >= 15 is 0 Å². The largest absolute Gasteiger partial charge is 0.416 e. The molecule has 2 rings (SSSR count). The molecule has 0 saturated heterocycles. The Kier molecular flexibility index (Phi) is 4.51. The van der Waals surface area contributed by atoms with Gasteiger partial charge in [0.2, 0.25) is 0 Å². The maximum Gasteiger partial charge on any atom is 0.416 e. The van der Waals surface area contributed by atoms with Gasteiger partial charge in [-0.05, 0) is 41.9 Å². The molecule has 0 amide bonds. The SMILES string of the molecule is CCNc1nc(-c2ccc(C(F)(F)F)cc2)nc(C)c1Br. The maximum absolute atomic E-state index is 12.6. The number of nitrogens with zero attached hydrogens (tertiary/aromatic N) is 2. The van der Waals surface area contributed by atoms with Crippen molar-refractivity contribution in [3.63, 3.8) is 0 Å². The minimum Gasteiger partial charge on any atom is -0.369 e. The van der Waals surface area contributed by atoms with Gasteiger partial charge in [0, 0.05) is 12.1 Å². The van der Waals surface area contributed by atoms with E-state index in [1.807, 2.05) is 6.92 Å². The summed E-state index contributed by atoms with van der Waals surface area (Å²) in [5, 5.41) is 3.08. The van der Waals surface area contributed by atoms with Crippen LogP contribution in [0.15, 0.2) is 28.7 Å². The second kappa shape index (κ2) is 6.01. The van der Waals surface area contributed by atoms with Crippen molar-refractivity contribution >= 4 is 21.7 Å². The zero-order chi connectivity index (χ0) is 15.6. The van der Waals surface area contributed by atoms with E-state index in [2.05, 4.69) is 31.2 Å². The van der Waals surface area contributed by atoms with Crippen molar-refractivity contribution < 1.29 is 13.2 Å². The van der Waals surface area contributed by atoms with E-state index in [0.717, 1.165) is 22.3 Å². The van der Waals surface area contributed by atoms with Gasteiger partial charge in [-0.3, -0.25) is 0 Å². The Morgan fingerprint density at radius 3 is 2.29 bits per heavy atom. The number of alkyl halides is 3. The molecular formula is C14H13BrF3N3. The molecule has 21 heavy (non-hydrogen) atoms. The maximum atomic E-state index is 12.6. The number of aryl methyl sites for hydroxylation is 1. The van der Waals surface area contributed by atoms with Gasteiger partial charge >= 0.3 is 6.18 Å². The van der Waals surface area contributed by atoms with Crippen LogP contribution in [0.3, 0.4) is 0 Å². The summed E-state index contributed by atoms with van der Waals surface area (Å²) in [5.74, 6) is 1.01. The van der Waals surface area contributed by atoms with Gasteiger partial charge in [-0.15, -0.1) is 0 Å². The molecule has 0 aliphatic heterocycles. The average Bonchev–Trinajstić information content (AvgIpc) is 2.43. The first-order chi connectivity index (χ1) is 9.82. The van der Waals surface area contributed by atoms with Crippen LogP contribution in [0.1, 0.15) is 18.2 Å². The Morgan fingerprint density at radius 2 is 1.76 bits per heavy atom. The Morgan fingerprint density at radius 1 is 1.14 bits per heavy atom. The molecule has 0 aliphatic carbocycles. The fraction of sp³-hybridized carbons (Fsp3) is 0.286. The number of nitrogens with one attached hydrogen (secondary N) is 1. The molecule has 0 unspecified atom stereocenters. The van der Waals surface area contributed by atoms with Gasteiger partial charge in [-0.2, -0.15) is 13.2 Å². The minimum atomic E-state index is -4.34. The lowest BCUT2D eigenvalue weighted by Crippen LogP contribution is -2.06. The van der Waals surface area contributed by atoms with Gasteiger partial charge in [0.05, 0.1) is 15.7 Å². The third kappa shape index (κ3) is 3.53. The highest BCUT2D eigenvalue weighted by Gasteiger charge is 2.30. The van der Waals surface area contributed by atoms with E-state index in [-0.39, 0.29) is 0 Å². The number of halogens is 4. The van der Waals surface area contributed by atoms with Gasteiger partial charge < -0.3 is 5.32 Å². The van der Waals surface area contributed by atoms with Crippen LogP contribution in [-0.4, -0.2) is 16.5 Å². The van der Waals surface area contributed by atoms with E-state index < -0.39 is 11.7 Å². The number of hydrogen-bond acceptors (Lipinski definition) is 3. The highest BCUT2D eigenvalue weighted by molar-refractivity contribution is 9.10. The highest BCUT2D eigenvalue weighted by atomic mass is 79.9. The van der Waals surface area contributed by atoms with Crippen LogP contribution in [0, 0.1) is 6.92 Å². The van der Waals surface area contributed by atoms with Crippen LogP contribution >= 0.6 is 15.9 Å². The van der Waals surface area contributed by atoms with Crippen LogP contribution in [0.25, 0.3) is 11.4 Å². The van der Waals surface area contributed by atoms with E-state index in [0.29, 0.717) is 23.8 Å². The van der Waals surface area contributed by atoms with Crippen molar-refractivity contribution in [3.05, 3.63) is 40.0 Å². The summed E-state index contributed by atoms with van der Waals surface area (Å²) in [6.45, 7) is 4.42. The number of hydrogen-bond donors (Lipinski definition) is 1. The normalized spacial score (nSPS) is 11.5. The van der Waals surface area contributed by atoms with Crippen molar-refractivity contribution in [2.24, 2.45) is 0 Å². The molecule has 3 nitrogen and oxygen atoms in total. The Balaban J connectivity index is 2.42. The summed E-state index contributed by atoms with van der Waals surface area (Å²) < 4.78 is 38.4. The Bertz CT molecular complexity index is 639. The number of benzene rings is 1. The smallest absolute Gasteiger partial charge is 0.369 e. The molecule has 0 saturated carbocycles. The molecule has 2 aromatic rings. The quantitative estimate of drug-likeness (QED) is 0.865. The Labute approximate surface area is 128 Å². The third-order valence-electron chi connectivity index (χ3n) is 2.83. The molecule has 1 aromatic carbocycles. The first-order valence-electron chi connectivity index (χ1n) is 6.28. The molecule has 1 aromatic heterocycles. The number of rotatable bonds is 3. The minimum absolute atomic E-state index is 0.389. The number of anilines is 1. The summed E-state index contributed by atoms with van der Waals surface area (Å²) >= 11 is 3.39. The first kappa shape index (κ1) is 15.8. The molecule has 0 bridgehead atoms. The zero-order valence-corrected chi connectivity index (χ0v) is 13.0. The second-order valence-corrected chi connectivity index (χ2v) is 5.19. The fourth-order valence-corrected chi connectivity index (χ4v) is 2.10. The van der Waals surface area contributed by atoms with Gasteiger partial charge in [-0.1, -0.05) is 12.1 Å². The van der Waals surface area contributed by atoms with Gasteiger partial charge in [-0.25, -0.2) is 9.97 Å². The van der Waals surface area contributed by atoms with E-state index in [1.165, 1.54) is 12.1 Å². The highest BCUT2D eigenvalue weighted by Crippen LogP contribution is 2.31. The monoisotopic (exact) mass is 359 g/mol. The summed E-state index contributed by atoms with van der Waals surface area (Å²) in [7, 11) is 0. The van der Waals surface area contributed by atoms with Gasteiger partial charge in [0.25, 0.3) is 0 Å². The Hall–Kier alpha value is -1.63. The van der Waals surface area contributed by atoms with Gasteiger partial charge in [0.15, 0.2) is 5.82 Å². The zero-order valence-electron chi connectivity index (χ0n) is 11.4. The molecule has 0 spiro atoms. The second-order valence-electron chi connectivity index (χ2n) is 4.40. The van der Waals surface area contributed by atoms with Crippen LogP contribution < -0.4 is 5.32 Å². The van der Waals surface area contributed by atoms with E-state index in [9.17, 15) is 13.2 Å². The van der Waals surface area contributed by atoms with Crippen LogP contribution in [0.4, 0.5) is 19.0 Å². The van der Waals surface area contributed by atoms with E-state index in [4.69, 9.17) is 0 Å². The van der Waals surface area contributed by atoms with Crippen molar-refractivity contribution in [1.82, 2.24) is 9.97 Å². The van der Waals surface area contributed by atoms with Crippen molar-refractivity contribution in [1.29, 1.82) is 0 Å². The van der Waals surface area contributed by atoms with Gasteiger partial charge in [0.1, 0.15) is 5.82 Å². The lowest BCUT2D eigenvalue weighted by atomic mass is 10.1. The average molecular weight is 360 g/mol. The van der Waals surface area contributed by atoms with Crippen LogP contribution in [0.5, 0.6) is 0 Å². The predicted octanol–water partition coefficient (Wildman–Crippen LogP) is 4.67. The molecule has 0 aliphatic rings. The molecule has 112 valence electrons. The molecule has 0 fully saturated rings. The summed E-state index contributed by atoms with van der Waals surface area (Å²) in [4.78, 5) is 8.63. The number of aromatic nitrogens is 2. The molecule has 1 heterocycles. The molecular weight excluding hydrogens is 347 g/mol. The lowest BCUT2D eigenvalue weighted by molar-refractivity contribution is -0.137. The van der Waals surface area contributed by atoms with E-state index in [1.54, 1.807) is 6.92 Å². The molecule has 0 radical (unpaired) electrons. The molecule has 7 heteroatoms. The van der Waals surface area contributed by atoms with Crippen molar-refractivity contribution in [2.45, 2.75) is 20.0 Å². The van der Waals surface area contributed by atoms with Crippen LogP contribution in [-0.2, 0) is 6.18 Å². The van der Waals surface area contributed by atoms with Crippen LogP contribution in [0.2, 0.25) is 0 Å². The summed E-state index contributed by atoms with van der Waals surface area (Å²) in [6.07, 6.45) is -4.34. The third-order valence-corrected chi connectivity index (χ3v) is 3.78. The topological polar surface area (TPSA) is 37.8 Å². The summed E-state index contributed by atoms with van der Waals surface area (Å²) in [6, 6.07) is 4.81. The lowest BCUT2D eigenvalue weighted by Gasteiger charge is -2.11. The van der Waals surface area contributed by atoms with Crippen molar-refractivity contribution in [2.75, 3.05) is 11.9 Å². The standard InChI is InChI=1S/C14H13BrF3N3/c1-3-19-13-11(15)8(2)20-12(21-13)9-4-6-10(7-5-9)14(16,17)18/h4-7H,3H2,1-2H3,(H,19,20,21). The fourth-order valence-electron chi connectivity index (χ4n) is 1.78. The summed E-state index contributed by atoms with van der Waals surface area (Å²) in [5.41, 5.74) is 0.570. The molecule has 0 atom stereocenters. The first-order valence-corrected chi connectivity index (χ1v) is 7.08. The predicted molar refractivity (Wildman–Crippen MR) is 79.1 cm³/mol. The molecule has 1 N–H and O–H groups in total. The van der Waals surface area contributed by atoms with Crippen molar-refractivity contribution in [3.8, 4) is 11.4 Å².